The lowest BCUT2D eigenvalue weighted by Gasteiger charge is -2.35. The number of carbonyl (C=O) groups excluding carboxylic acids is 1. The lowest BCUT2D eigenvalue weighted by Crippen LogP contribution is -2.48. The highest BCUT2D eigenvalue weighted by molar-refractivity contribution is 6.27. The van der Waals surface area contributed by atoms with Crippen LogP contribution in [0.3, 0.4) is 0 Å². The molecule has 1 unspecified atom stereocenters. The second-order valence-corrected chi connectivity index (χ2v) is 5.30. The minimum Gasteiger partial charge on any atom is -0.369 e. The standard InChI is InChI=1S/C14H16ClF3N2O/c15-8-13(21)19-11-4-2-6-20(9-11)12-5-1-3-10(7-12)14(16,17)18/h1,3,5,7,11H,2,4,6,8-9H2,(H,19,21). The molecule has 0 aliphatic carbocycles. The number of nitrogens with zero attached hydrogens (tertiary/aromatic N) is 1. The van der Waals surface area contributed by atoms with Crippen molar-refractivity contribution in [2.75, 3.05) is 23.9 Å². The molecule has 116 valence electrons. The van der Waals surface area contributed by atoms with Gasteiger partial charge in [0, 0.05) is 24.8 Å². The van der Waals surface area contributed by atoms with Crippen molar-refractivity contribution in [3.63, 3.8) is 0 Å². The lowest BCUT2D eigenvalue weighted by atomic mass is 10.0. The molecule has 2 rings (SSSR count). The monoisotopic (exact) mass is 320 g/mol. The third kappa shape index (κ3) is 4.27. The highest BCUT2D eigenvalue weighted by Gasteiger charge is 2.31. The maximum absolute atomic E-state index is 12.7. The summed E-state index contributed by atoms with van der Waals surface area (Å²) in [7, 11) is 0. The Kier molecular flexibility index (Phi) is 4.98. The quantitative estimate of drug-likeness (QED) is 0.868. The Hall–Kier alpha value is -1.43. The van der Waals surface area contributed by atoms with Crippen LogP contribution in [0.2, 0.25) is 0 Å². The SMILES string of the molecule is O=C(CCl)NC1CCCN(c2cccc(C(F)(F)F)c2)C1. The van der Waals surface area contributed by atoms with Crippen LogP contribution in [0.1, 0.15) is 18.4 Å². The van der Waals surface area contributed by atoms with Crippen LogP contribution in [0, 0.1) is 0 Å². The number of benzene rings is 1. The maximum atomic E-state index is 12.7. The molecule has 1 atom stereocenters. The summed E-state index contributed by atoms with van der Waals surface area (Å²) in [5.41, 5.74) is -0.137. The number of hydrogen-bond donors (Lipinski definition) is 1. The van der Waals surface area contributed by atoms with Gasteiger partial charge in [0.05, 0.1) is 5.56 Å². The van der Waals surface area contributed by atoms with Crippen molar-refractivity contribution in [3.8, 4) is 0 Å². The number of amides is 1. The molecule has 0 aromatic heterocycles. The van der Waals surface area contributed by atoms with Crippen molar-refractivity contribution in [2.45, 2.75) is 25.1 Å². The van der Waals surface area contributed by atoms with E-state index in [2.05, 4.69) is 5.32 Å². The van der Waals surface area contributed by atoms with Gasteiger partial charge in [-0.05, 0) is 31.0 Å². The van der Waals surface area contributed by atoms with Crippen LogP contribution < -0.4 is 10.2 Å². The molecule has 1 heterocycles. The lowest BCUT2D eigenvalue weighted by molar-refractivity contribution is -0.137. The largest absolute Gasteiger partial charge is 0.416 e. The molecule has 21 heavy (non-hydrogen) atoms. The van der Waals surface area contributed by atoms with Gasteiger partial charge < -0.3 is 10.2 Å². The Morgan fingerprint density at radius 3 is 2.86 bits per heavy atom. The third-order valence-corrected chi connectivity index (χ3v) is 3.69. The van der Waals surface area contributed by atoms with Crippen LogP contribution in [-0.4, -0.2) is 30.9 Å². The summed E-state index contributed by atoms with van der Waals surface area (Å²) in [4.78, 5) is 13.2. The van der Waals surface area contributed by atoms with Gasteiger partial charge in [0.25, 0.3) is 0 Å². The topological polar surface area (TPSA) is 32.3 Å². The first-order valence-corrected chi connectivity index (χ1v) is 7.21. The molecular weight excluding hydrogens is 305 g/mol. The van der Waals surface area contributed by atoms with E-state index in [9.17, 15) is 18.0 Å². The first-order valence-electron chi connectivity index (χ1n) is 6.67. The molecule has 1 saturated heterocycles. The fraction of sp³-hybridized carbons (Fsp3) is 0.500. The van der Waals surface area contributed by atoms with E-state index in [-0.39, 0.29) is 17.8 Å². The fourth-order valence-corrected chi connectivity index (χ4v) is 2.55. The summed E-state index contributed by atoms with van der Waals surface area (Å²) in [6, 6.07) is 5.17. The van der Waals surface area contributed by atoms with E-state index in [0.29, 0.717) is 18.8 Å². The minimum absolute atomic E-state index is 0.0838. The fourth-order valence-electron chi connectivity index (χ4n) is 2.47. The van der Waals surface area contributed by atoms with Crippen LogP contribution in [0.5, 0.6) is 0 Å². The van der Waals surface area contributed by atoms with Gasteiger partial charge >= 0.3 is 6.18 Å². The normalized spacial score (nSPS) is 19.4. The number of anilines is 1. The van der Waals surface area contributed by atoms with Gasteiger partial charge in [-0.25, -0.2) is 0 Å². The Labute approximate surface area is 126 Å². The van der Waals surface area contributed by atoms with Crippen molar-refractivity contribution in [3.05, 3.63) is 29.8 Å². The second-order valence-electron chi connectivity index (χ2n) is 5.03. The molecule has 1 aliphatic heterocycles. The number of alkyl halides is 4. The molecule has 1 aliphatic rings. The van der Waals surface area contributed by atoms with Crippen LogP contribution in [-0.2, 0) is 11.0 Å². The van der Waals surface area contributed by atoms with E-state index >= 15 is 0 Å². The zero-order valence-electron chi connectivity index (χ0n) is 11.3. The number of nitrogens with one attached hydrogen (secondary N) is 1. The van der Waals surface area contributed by atoms with Gasteiger partial charge in [-0.1, -0.05) is 6.07 Å². The van der Waals surface area contributed by atoms with E-state index in [1.807, 2.05) is 4.90 Å². The van der Waals surface area contributed by atoms with Gasteiger partial charge in [-0.2, -0.15) is 13.2 Å². The Bertz CT molecular complexity index is 507. The number of hydrogen-bond acceptors (Lipinski definition) is 2. The molecule has 7 heteroatoms. The van der Waals surface area contributed by atoms with Crippen LogP contribution in [0.4, 0.5) is 18.9 Å². The first kappa shape index (κ1) is 15.9. The third-order valence-electron chi connectivity index (χ3n) is 3.45. The maximum Gasteiger partial charge on any atom is 0.416 e. The predicted molar refractivity (Wildman–Crippen MR) is 75.5 cm³/mol. The molecule has 0 radical (unpaired) electrons. The highest BCUT2D eigenvalue weighted by atomic mass is 35.5. The van der Waals surface area contributed by atoms with Crippen LogP contribution in [0.15, 0.2) is 24.3 Å². The molecule has 0 saturated carbocycles. The summed E-state index contributed by atoms with van der Waals surface area (Å²) in [5.74, 6) is -0.368. The molecule has 1 aromatic rings. The Morgan fingerprint density at radius 2 is 2.19 bits per heavy atom. The minimum atomic E-state index is -4.35. The average Bonchev–Trinajstić information content (AvgIpc) is 2.46. The van der Waals surface area contributed by atoms with Crippen LogP contribution >= 0.6 is 11.6 Å². The number of piperidine rings is 1. The number of halogens is 4. The molecule has 0 spiro atoms. The van der Waals surface area contributed by atoms with Crippen LogP contribution in [0.25, 0.3) is 0 Å². The predicted octanol–water partition coefficient (Wildman–Crippen LogP) is 3.03. The molecule has 1 aromatic carbocycles. The number of rotatable bonds is 3. The van der Waals surface area contributed by atoms with Gasteiger partial charge in [0.15, 0.2) is 0 Å². The second kappa shape index (κ2) is 6.56. The molecule has 1 amide bonds. The van der Waals surface area contributed by atoms with Crippen molar-refractivity contribution >= 4 is 23.2 Å². The molecule has 3 nitrogen and oxygen atoms in total. The summed E-state index contributed by atoms with van der Waals surface area (Å²) < 4.78 is 38.2. The van der Waals surface area contributed by atoms with E-state index in [1.54, 1.807) is 6.07 Å². The van der Waals surface area contributed by atoms with E-state index in [4.69, 9.17) is 11.6 Å². The zero-order chi connectivity index (χ0) is 15.5. The van der Waals surface area contributed by atoms with Gasteiger partial charge in [0.1, 0.15) is 5.88 Å². The summed E-state index contributed by atoms with van der Waals surface area (Å²) in [5, 5.41) is 2.78. The van der Waals surface area contributed by atoms with Gasteiger partial charge in [-0.3, -0.25) is 4.79 Å². The van der Waals surface area contributed by atoms with Gasteiger partial charge in [-0.15, -0.1) is 11.6 Å². The molecule has 1 N–H and O–H groups in total. The number of carbonyl (C=O) groups is 1. The van der Waals surface area contributed by atoms with Crippen molar-refractivity contribution < 1.29 is 18.0 Å². The molecule has 1 fully saturated rings. The van der Waals surface area contributed by atoms with E-state index in [0.717, 1.165) is 25.0 Å². The van der Waals surface area contributed by atoms with E-state index in [1.165, 1.54) is 6.07 Å². The average molecular weight is 321 g/mol. The Balaban J connectivity index is 2.09. The summed E-state index contributed by atoms with van der Waals surface area (Å²) in [6.45, 7) is 1.17. The van der Waals surface area contributed by atoms with Crippen molar-refractivity contribution in [1.29, 1.82) is 0 Å². The van der Waals surface area contributed by atoms with Gasteiger partial charge in [0.2, 0.25) is 5.91 Å². The van der Waals surface area contributed by atoms with E-state index < -0.39 is 11.7 Å². The first-order chi connectivity index (χ1) is 9.90. The summed E-state index contributed by atoms with van der Waals surface area (Å²) >= 11 is 5.44. The molecule has 0 bridgehead atoms. The Morgan fingerprint density at radius 1 is 1.43 bits per heavy atom. The van der Waals surface area contributed by atoms with Crippen molar-refractivity contribution in [1.82, 2.24) is 5.32 Å². The van der Waals surface area contributed by atoms with Crippen molar-refractivity contribution in [2.24, 2.45) is 0 Å². The molecular formula is C14H16ClF3N2O. The highest BCUT2D eigenvalue weighted by Crippen LogP contribution is 2.32. The summed E-state index contributed by atoms with van der Waals surface area (Å²) in [6.07, 6.45) is -2.74. The smallest absolute Gasteiger partial charge is 0.369 e. The zero-order valence-corrected chi connectivity index (χ0v) is 12.0.